The van der Waals surface area contributed by atoms with E-state index in [-0.39, 0.29) is 24.2 Å². The number of amides is 1. The van der Waals surface area contributed by atoms with Crippen molar-refractivity contribution >= 4 is 29.9 Å². The van der Waals surface area contributed by atoms with Gasteiger partial charge in [0.15, 0.2) is 0 Å². The predicted octanol–water partition coefficient (Wildman–Crippen LogP) is 1.85. The van der Waals surface area contributed by atoms with Gasteiger partial charge in [-0.15, -0.1) is 12.4 Å². The second-order valence-corrected chi connectivity index (χ2v) is 4.17. The Labute approximate surface area is 118 Å². The van der Waals surface area contributed by atoms with Crippen molar-refractivity contribution in [2.24, 2.45) is 11.7 Å². The van der Waals surface area contributed by atoms with Crippen LogP contribution in [0.1, 0.15) is 6.92 Å². The lowest BCUT2D eigenvalue weighted by Gasteiger charge is -2.10. The first-order chi connectivity index (χ1) is 8.13. The predicted molar refractivity (Wildman–Crippen MR) is 75.4 cm³/mol. The molecule has 102 valence electrons. The number of carbonyl (C=O) groups excluding carboxylic acids is 1. The molecule has 0 aromatic heterocycles. The minimum absolute atomic E-state index is 0. The zero-order chi connectivity index (χ0) is 12.7. The first-order valence-electron chi connectivity index (χ1n) is 5.49. The fourth-order valence-corrected chi connectivity index (χ4v) is 1.36. The Morgan fingerprint density at radius 1 is 1.56 bits per heavy atom. The number of ether oxygens (including phenoxy) is 1. The summed E-state index contributed by atoms with van der Waals surface area (Å²) in [6.45, 7) is 2.99. The standard InChI is InChI=1S/C12H17ClN2O2.ClH/c1-9(8-14)12(16)15-5-6-17-11-4-2-3-10(13)7-11;/h2-4,7,9H,5-6,8,14H2,1H3,(H,15,16);1H. The number of hydrogen-bond donors (Lipinski definition) is 2. The molecule has 3 N–H and O–H groups in total. The fourth-order valence-electron chi connectivity index (χ4n) is 1.18. The van der Waals surface area contributed by atoms with Crippen molar-refractivity contribution in [1.29, 1.82) is 0 Å². The van der Waals surface area contributed by atoms with Crippen molar-refractivity contribution in [3.63, 3.8) is 0 Å². The second kappa shape index (κ2) is 9.03. The van der Waals surface area contributed by atoms with Crippen LogP contribution < -0.4 is 15.8 Å². The van der Waals surface area contributed by atoms with Gasteiger partial charge in [0.1, 0.15) is 12.4 Å². The topological polar surface area (TPSA) is 64.4 Å². The third kappa shape index (κ3) is 6.10. The SMILES string of the molecule is CC(CN)C(=O)NCCOc1cccc(Cl)c1.Cl. The maximum atomic E-state index is 11.4. The summed E-state index contributed by atoms with van der Waals surface area (Å²) in [4.78, 5) is 11.4. The van der Waals surface area contributed by atoms with E-state index in [1.165, 1.54) is 0 Å². The van der Waals surface area contributed by atoms with Crippen molar-refractivity contribution in [2.45, 2.75) is 6.92 Å². The molecule has 4 nitrogen and oxygen atoms in total. The van der Waals surface area contributed by atoms with Gasteiger partial charge >= 0.3 is 0 Å². The lowest BCUT2D eigenvalue weighted by Crippen LogP contribution is -2.35. The van der Waals surface area contributed by atoms with Gasteiger partial charge < -0.3 is 15.8 Å². The summed E-state index contributed by atoms with van der Waals surface area (Å²) >= 11 is 5.80. The number of hydrogen-bond acceptors (Lipinski definition) is 3. The molecule has 1 aromatic rings. The van der Waals surface area contributed by atoms with Crippen molar-refractivity contribution < 1.29 is 9.53 Å². The Bertz CT molecular complexity index is 375. The van der Waals surface area contributed by atoms with Gasteiger partial charge in [-0.3, -0.25) is 4.79 Å². The average Bonchev–Trinajstić information content (AvgIpc) is 2.33. The Balaban J connectivity index is 0.00000289. The number of carbonyl (C=O) groups is 1. The molecule has 0 spiro atoms. The Kier molecular flexibility index (Phi) is 8.54. The van der Waals surface area contributed by atoms with Crippen LogP contribution in [0.2, 0.25) is 5.02 Å². The van der Waals surface area contributed by atoms with Crippen LogP contribution in [0.5, 0.6) is 5.75 Å². The van der Waals surface area contributed by atoms with E-state index in [2.05, 4.69) is 5.32 Å². The van der Waals surface area contributed by atoms with Crippen LogP contribution >= 0.6 is 24.0 Å². The lowest BCUT2D eigenvalue weighted by molar-refractivity contribution is -0.124. The van der Waals surface area contributed by atoms with Gasteiger partial charge in [0.05, 0.1) is 6.54 Å². The Morgan fingerprint density at radius 2 is 2.28 bits per heavy atom. The summed E-state index contributed by atoms with van der Waals surface area (Å²) in [5, 5.41) is 3.37. The van der Waals surface area contributed by atoms with Crippen molar-refractivity contribution in [2.75, 3.05) is 19.7 Å². The normalized spacial score (nSPS) is 11.3. The zero-order valence-corrected chi connectivity index (χ0v) is 11.8. The molecule has 18 heavy (non-hydrogen) atoms. The second-order valence-electron chi connectivity index (χ2n) is 3.73. The maximum absolute atomic E-state index is 11.4. The van der Waals surface area contributed by atoms with Gasteiger partial charge in [-0.1, -0.05) is 24.6 Å². The summed E-state index contributed by atoms with van der Waals surface area (Å²) < 4.78 is 5.42. The van der Waals surface area contributed by atoms with E-state index in [0.29, 0.717) is 30.5 Å². The van der Waals surface area contributed by atoms with Crippen molar-refractivity contribution in [1.82, 2.24) is 5.32 Å². The first-order valence-corrected chi connectivity index (χ1v) is 5.87. The van der Waals surface area contributed by atoms with E-state index in [9.17, 15) is 4.79 Å². The largest absolute Gasteiger partial charge is 0.492 e. The molecule has 0 saturated heterocycles. The minimum Gasteiger partial charge on any atom is -0.492 e. The highest BCUT2D eigenvalue weighted by Crippen LogP contribution is 2.16. The monoisotopic (exact) mass is 292 g/mol. The van der Waals surface area contributed by atoms with Crippen LogP contribution in [0.3, 0.4) is 0 Å². The van der Waals surface area contributed by atoms with Crippen molar-refractivity contribution in [3.8, 4) is 5.75 Å². The van der Waals surface area contributed by atoms with Crippen molar-refractivity contribution in [3.05, 3.63) is 29.3 Å². The minimum atomic E-state index is -0.166. The molecule has 1 unspecified atom stereocenters. The van der Waals surface area contributed by atoms with Crippen LogP contribution in [0.15, 0.2) is 24.3 Å². The van der Waals surface area contributed by atoms with E-state index < -0.39 is 0 Å². The van der Waals surface area contributed by atoms with Crippen LogP contribution in [0, 0.1) is 5.92 Å². The summed E-state index contributed by atoms with van der Waals surface area (Å²) in [5.41, 5.74) is 5.38. The van der Waals surface area contributed by atoms with Gasteiger partial charge in [0.25, 0.3) is 0 Å². The van der Waals surface area contributed by atoms with E-state index >= 15 is 0 Å². The van der Waals surface area contributed by atoms with Crippen LogP contribution in [-0.2, 0) is 4.79 Å². The average molecular weight is 293 g/mol. The van der Waals surface area contributed by atoms with Gasteiger partial charge in [0, 0.05) is 17.5 Å². The zero-order valence-electron chi connectivity index (χ0n) is 10.2. The van der Waals surface area contributed by atoms with E-state index in [4.69, 9.17) is 22.1 Å². The smallest absolute Gasteiger partial charge is 0.224 e. The molecule has 1 aromatic carbocycles. The summed E-state index contributed by atoms with van der Waals surface area (Å²) in [5.74, 6) is 0.474. The molecule has 6 heteroatoms. The van der Waals surface area contributed by atoms with Gasteiger partial charge in [-0.25, -0.2) is 0 Å². The van der Waals surface area contributed by atoms with Gasteiger partial charge in [-0.2, -0.15) is 0 Å². The molecule has 0 aliphatic heterocycles. The molecule has 0 aliphatic rings. The molecule has 1 amide bonds. The quantitative estimate of drug-likeness (QED) is 0.787. The number of benzene rings is 1. The molecule has 0 bridgehead atoms. The van der Waals surface area contributed by atoms with E-state index in [0.717, 1.165) is 0 Å². The number of rotatable bonds is 6. The van der Waals surface area contributed by atoms with E-state index in [1.807, 2.05) is 12.1 Å². The molecule has 0 heterocycles. The van der Waals surface area contributed by atoms with Gasteiger partial charge in [-0.05, 0) is 18.2 Å². The molecular formula is C12H18Cl2N2O2. The van der Waals surface area contributed by atoms with Crippen LogP contribution in [0.25, 0.3) is 0 Å². The molecule has 1 rings (SSSR count). The molecule has 0 saturated carbocycles. The van der Waals surface area contributed by atoms with Gasteiger partial charge in [0.2, 0.25) is 5.91 Å². The first kappa shape index (κ1) is 17.0. The molecular weight excluding hydrogens is 275 g/mol. The third-order valence-corrected chi connectivity index (χ3v) is 2.50. The highest BCUT2D eigenvalue weighted by molar-refractivity contribution is 6.30. The maximum Gasteiger partial charge on any atom is 0.224 e. The molecule has 0 aliphatic carbocycles. The van der Waals surface area contributed by atoms with Crippen LogP contribution in [-0.4, -0.2) is 25.6 Å². The Hall–Kier alpha value is -0.970. The summed E-state index contributed by atoms with van der Waals surface area (Å²) in [6.07, 6.45) is 0. The number of nitrogens with one attached hydrogen (secondary N) is 1. The molecule has 0 radical (unpaired) electrons. The lowest BCUT2D eigenvalue weighted by atomic mass is 10.2. The highest BCUT2D eigenvalue weighted by atomic mass is 35.5. The number of halogens is 2. The molecule has 1 atom stereocenters. The summed E-state index contributed by atoms with van der Waals surface area (Å²) in [6, 6.07) is 7.13. The van der Waals surface area contributed by atoms with E-state index in [1.54, 1.807) is 19.1 Å². The summed E-state index contributed by atoms with van der Waals surface area (Å²) in [7, 11) is 0. The van der Waals surface area contributed by atoms with Crippen LogP contribution in [0.4, 0.5) is 0 Å². The Morgan fingerprint density at radius 3 is 2.89 bits per heavy atom. The highest BCUT2D eigenvalue weighted by Gasteiger charge is 2.09. The third-order valence-electron chi connectivity index (χ3n) is 2.27. The fraction of sp³-hybridized carbons (Fsp3) is 0.417. The number of nitrogens with two attached hydrogens (primary N) is 1. The molecule has 0 fully saturated rings.